The predicted molar refractivity (Wildman–Crippen MR) is 42.7 cm³/mol. The van der Waals surface area contributed by atoms with Crippen molar-refractivity contribution < 1.29 is 18.0 Å². The summed E-state index contributed by atoms with van der Waals surface area (Å²) in [6, 6.07) is 0. The Hall–Kier alpha value is -1.33. The van der Waals surface area contributed by atoms with Crippen molar-refractivity contribution in [1.29, 1.82) is 0 Å². The highest BCUT2D eigenvalue weighted by Crippen LogP contribution is 2.18. The molecular weight excluding hydrogens is 197 g/mol. The zero-order valence-electron chi connectivity index (χ0n) is 7.51. The van der Waals surface area contributed by atoms with Crippen molar-refractivity contribution in [3.05, 3.63) is 18.2 Å². The van der Waals surface area contributed by atoms with Gasteiger partial charge in [-0.05, 0) is 6.92 Å². The van der Waals surface area contributed by atoms with Crippen LogP contribution in [0.3, 0.4) is 0 Å². The number of ketones is 1. The molecule has 0 spiro atoms. The third-order valence-electron chi connectivity index (χ3n) is 1.78. The summed E-state index contributed by atoms with van der Waals surface area (Å²) in [5.74, 6) is -1.62. The fourth-order valence-corrected chi connectivity index (χ4v) is 1.04. The lowest BCUT2D eigenvalue weighted by atomic mass is 10.2. The van der Waals surface area contributed by atoms with Gasteiger partial charge >= 0.3 is 6.18 Å². The molecule has 0 aliphatic rings. The minimum absolute atomic E-state index is 0.148. The molecule has 0 bridgehead atoms. The molecule has 0 unspecified atom stereocenters. The van der Waals surface area contributed by atoms with E-state index in [1.54, 1.807) is 13.1 Å². The van der Waals surface area contributed by atoms with Gasteiger partial charge in [0.1, 0.15) is 5.82 Å². The number of nitrogens with zero attached hydrogens (tertiary/aromatic N) is 2. The molecule has 1 aromatic rings. The van der Waals surface area contributed by atoms with Crippen molar-refractivity contribution >= 4 is 5.78 Å². The monoisotopic (exact) mass is 206 g/mol. The van der Waals surface area contributed by atoms with Crippen molar-refractivity contribution in [1.82, 2.24) is 9.55 Å². The molecule has 1 heterocycles. The summed E-state index contributed by atoms with van der Waals surface area (Å²) < 4.78 is 37.2. The van der Waals surface area contributed by atoms with Crippen LogP contribution in [0.2, 0.25) is 0 Å². The van der Waals surface area contributed by atoms with Crippen molar-refractivity contribution in [2.45, 2.75) is 26.1 Å². The average molecular weight is 206 g/mol. The van der Waals surface area contributed by atoms with Crippen LogP contribution in [-0.4, -0.2) is 21.5 Å². The van der Waals surface area contributed by atoms with Crippen LogP contribution < -0.4 is 0 Å². The number of aryl methyl sites for hydroxylation is 1. The first kappa shape index (κ1) is 10.7. The van der Waals surface area contributed by atoms with Gasteiger partial charge in [0.25, 0.3) is 0 Å². The Labute approximate surface area is 78.6 Å². The molecule has 14 heavy (non-hydrogen) atoms. The molecule has 0 saturated carbocycles. The Morgan fingerprint density at radius 3 is 2.71 bits per heavy atom. The van der Waals surface area contributed by atoms with E-state index < -0.39 is 18.4 Å². The minimum Gasteiger partial charge on any atom is -0.335 e. The van der Waals surface area contributed by atoms with Gasteiger partial charge in [-0.15, -0.1) is 0 Å². The summed E-state index contributed by atoms with van der Waals surface area (Å²) >= 11 is 0. The van der Waals surface area contributed by atoms with Gasteiger partial charge in [0.15, 0.2) is 0 Å². The second-order valence-electron chi connectivity index (χ2n) is 2.73. The molecule has 0 fully saturated rings. The second-order valence-corrected chi connectivity index (χ2v) is 2.73. The summed E-state index contributed by atoms with van der Waals surface area (Å²) in [4.78, 5) is 14.3. The topological polar surface area (TPSA) is 34.9 Å². The highest BCUT2D eigenvalue weighted by atomic mass is 19.4. The van der Waals surface area contributed by atoms with Gasteiger partial charge in [0.05, 0.1) is 6.42 Å². The number of alkyl halides is 3. The standard InChI is InChI=1S/C8H9F3N2O/c1-2-13-4-3-12-7(13)5-6(14)8(9,10)11/h3-4H,2,5H2,1H3. The zero-order chi connectivity index (χ0) is 10.8. The van der Waals surface area contributed by atoms with Crippen molar-refractivity contribution in [2.24, 2.45) is 0 Å². The summed E-state index contributed by atoms with van der Waals surface area (Å²) in [6.45, 7) is 2.27. The summed E-state index contributed by atoms with van der Waals surface area (Å²) in [5.41, 5.74) is 0. The Morgan fingerprint density at radius 2 is 2.21 bits per heavy atom. The first-order valence-electron chi connectivity index (χ1n) is 4.05. The fourth-order valence-electron chi connectivity index (χ4n) is 1.04. The van der Waals surface area contributed by atoms with Gasteiger partial charge in [0.2, 0.25) is 5.78 Å². The van der Waals surface area contributed by atoms with Crippen LogP contribution in [0.4, 0.5) is 13.2 Å². The number of imidazole rings is 1. The largest absolute Gasteiger partial charge is 0.450 e. The number of carbonyl (C=O) groups is 1. The Kier molecular flexibility index (Phi) is 2.93. The Balaban J connectivity index is 2.74. The molecule has 3 nitrogen and oxygen atoms in total. The molecule has 0 aliphatic carbocycles. The third-order valence-corrected chi connectivity index (χ3v) is 1.78. The molecule has 0 saturated heterocycles. The number of hydrogen-bond donors (Lipinski definition) is 0. The lowest BCUT2D eigenvalue weighted by molar-refractivity contribution is -0.170. The minimum atomic E-state index is -4.77. The number of rotatable bonds is 3. The Bertz CT molecular complexity index is 330. The van der Waals surface area contributed by atoms with Gasteiger partial charge in [-0.1, -0.05) is 0 Å². The Morgan fingerprint density at radius 1 is 1.57 bits per heavy atom. The van der Waals surface area contributed by atoms with Crippen molar-refractivity contribution in [2.75, 3.05) is 0 Å². The fraction of sp³-hybridized carbons (Fsp3) is 0.500. The van der Waals surface area contributed by atoms with E-state index in [1.807, 2.05) is 0 Å². The third kappa shape index (κ3) is 2.34. The molecule has 0 atom stereocenters. The normalized spacial score (nSPS) is 11.7. The van der Waals surface area contributed by atoms with Crippen LogP contribution in [-0.2, 0) is 17.8 Å². The van der Waals surface area contributed by atoms with E-state index >= 15 is 0 Å². The van der Waals surface area contributed by atoms with E-state index in [0.29, 0.717) is 6.54 Å². The average Bonchev–Trinajstić information content (AvgIpc) is 2.50. The second kappa shape index (κ2) is 3.81. The maximum Gasteiger partial charge on any atom is 0.450 e. The molecule has 1 aromatic heterocycles. The smallest absolute Gasteiger partial charge is 0.335 e. The van der Waals surface area contributed by atoms with Crippen LogP contribution in [0.25, 0.3) is 0 Å². The first-order chi connectivity index (χ1) is 6.45. The highest BCUT2D eigenvalue weighted by Gasteiger charge is 2.38. The van der Waals surface area contributed by atoms with Crippen molar-refractivity contribution in [3.8, 4) is 0 Å². The molecule has 0 aromatic carbocycles. The van der Waals surface area contributed by atoms with Gasteiger partial charge in [-0.3, -0.25) is 4.79 Å². The van der Waals surface area contributed by atoms with E-state index in [1.165, 1.54) is 10.8 Å². The summed E-state index contributed by atoms with van der Waals surface area (Å²) in [6.07, 6.45) is -2.55. The van der Waals surface area contributed by atoms with Crippen molar-refractivity contribution in [3.63, 3.8) is 0 Å². The van der Waals surface area contributed by atoms with Crippen LogP contribution in [0.15, 0.2) is 12.4 Å². The number of carbonyl (C=O) groups excluding carboxylic acids is 1. The number of Topliss-reactive ketones (excluding diaryl/α,β-unsaturated/α-hetero) is 1. The summed E-state index contributed by atoms with van der Waals surface area (Å²) in [5, 5.41) is 0. The van der Waals surface area contributed by atoms with Crippen LogP contribution in [0, 0.1) is 0 Å². The SMILES string of the molecule is CCn1ccnc1CC(=O)C(F)(F)F. The van der Waals surface area contributed by atoms with Gasteiger partial charge < -0.3 is 4.57 Å². The number of hydrogen-bond acceptors (Lipinski definition) is 2. The lowest BCUT2D eigenvalue weighted by Crippen LogP contribution is -2.25. The molecular formula is C8H9F3N2O. The molecule has 0 aliphatic heterocycles. The quantitative estimate of drug-likeness (QED) is 0.752. The number of halogens is 3. The molecule has 0 amide bonds. The van der Waals surface area contributed by atoms with Crippen LogP contribution in [0.5, 0.6) is 0 Å². The van der Waals surface area contributed by atoms with Crippen LogP contribution >= 0.6 is 0 Å². The highest BCUT2D eigenvalue weighted by molar-refractivity contribution is 5.85. The van der Waals surface area contributed by atoms with Gasteiger partial charge in [0, 0.05) is 18.9 Å². The van der Waals surface area contributed by atoms with Gasteiger partial charge in [-0.2, -0.15) is 13.2 Å². The van der Waals surface area contributed by atoms with E-state index in [-0.39, 0.29) is 5.82 Å². The van der Waals surface area contributed by atoms with Crippen LogP contribution in [0.1, 0.15) is 12.7 Å². The lowest BCUT2D eigenvalue weighted by Gasteiger charge is -2.06. The predicted octanol–water partition coefficient (Wildman–Crippen LogP) is 1.58. The van der Waals surface area contributed by atoms with E-state index in [9.17, 15) is 18.0 Å². The maximum absolute atomic E-state index is 11.9. The molecule has 0 radical (unpaired) electrons. The zero-order valence-corrected chi connectivity index (χ0v) is 7.51. The van der Waals surface area contributed by atoms with E-state index in [2.05, 4.69) is 4.98 Å². The summed E-state index contributed by atoms with van der Waals surface area (Å²) in [7, 11) is 0. The van der Waals surface area contributed by atoms with Gasteiger partial charge in [-0.25, -0.2) is 4.98 Å². The molecule has 78 valence electrons. The number of aromatic nitrogens is 2. The first-order valence-corrected chi connectivity index (χ1v) is 4.05. The van der Waals surface area contributed by atoms with E-state index in [0.717, 1.165) is 0 Å². The maximum atomic E-state index is 11.9. The molecule has 0 N–H and O–H groups in total. The molecule has 1 rings (SSSR count). The van der Waals surface area contributed by atoms with E-state index in [4.69, 9.17) is 0 Å². The molecule has 6 heteroatoms.